The number of nitrogens with zero attached hydrogens (tertiary/aromatic N) is 2. The Bertz CT molecular complexity index is 382. The van der Waals surface area contributed by atoms with Crippen molar-refractivity contribution in [3.8, 4) is 11.6 Å². The zero-order valence-electron chi connectivity index (χ0n) is 7.60. The highest BCUT2D eigenvalue weighted by Crippen LogP contribution is 2.43. The summed E-state index contributed by atoms with van der Waals surface area (Å²) in [5.41, 5.74) is 0.353. The maximum atomic E-state index is 10.7. The normalized spacial score (nSPS) is 19.4. The molecule has 1 saturated carbocycles. The molecule has 1 aromatic rings. The Hall–Kier alpha value is -1.52. The molecule has 1 fully saturated rings. The quantitative estimate of drug-likeness (QED) is 0.653. The van der Waals surface area contributed by atoms with Crippen molar-refractivity contribution < 1.29 is 14.3 Å². The summed E-state index contributed by atoms with van der Waals surface area (Å²) >= 11 is 0. The van der Waals surface area contributed by atoms with E-state index in [4.69, 9.17) is 9.47 Å². The van der Waals surface area contributed by atoms with Crippen molar-refractivity contribution in [1.29, 1.82) is 0 Å². The molecule has 2 aliphatic rings. The van der Waals surface area contributed by atoms with Crippen LogP contribution in [0, 0.1) is 0 Å². The van der Waals surface area contributed by atoms with Gasteiger partial charge in [-0.2, -0.15) is 5.10 Å². The number of hydrogen-bond donors (Lipinski definition) is 0. The predicted octanol–water partition coefficient (Wildman–Crippen LogP) is 0.802. The summed E-state index contributed by atoms with van der Waals surface area (Å²) in [6.45, 7) is 1.02. The number of fused-ring (bicyclic) bond motifs is 1. The van der Waals surface area contributed by atoms with E-state index in [1.807, 2.05) is 0 Å². The van der Waals surface area contributed by atoms with E-state index in [0.29, 0.717) is 42.9 Å². The van der Waals surface area contributed by atoms with Crippen LogP contribution in [0.1, 0.15) is 29.4 Å². The van der Waals surface area contributed by atoms with Crippen LogP contribution in [0.15, 0.2) is 0 Å². The van der Waals surface area contributed by atoms with Crippen molar-refractivity contribution in [3.63, 3.8) is 0 Å². The highest BCUT2D eigenvalue weighted by atomic mass is 16.6. The molecule has 1 aromatic heterocycles. The lowest BCUT2D eigenvalue weighted by molar-refractivity contribution is 0.111. The number of rotatable bonds is 2. The van der Waals surface area contributed by atoms with Gasteiger partial charge in [-0.15, -0.1) is 0 Å². The van der Waals surface area contributed by atoms with Gasteiger partial charge in [-0.25, -0.2) is 4.68 Å². The Morgan fingerprint density at radius 3 is 2.86 bits per heavy atom. The second-order valence-corrected chi connectivity index (χ2v) is 3.51. The average Bonchev–Trinajstić information content (AvgIpc) is 3.00. The third kappa shape index (κ3) is 1.01. The highest BCUT2D eigenvalue weighted by Gasteiger charge is 2.33. The summed E-state index contributed by atoms with van der Waals surface area (Å²) in [5, 5.41) is 4.17. The van der Waals surface area contributed by atoms with Gasteiger partial charge in [0.1, 0.15) is 13.2 Å². The lowest BCUT2D eigenvalue weighted by atomic mass is 10.4. The Morgan fingerprint density at radius 2 is 2.14 bits per heavy atom. The maximum Gasteiger partial charge on any atom is 0.256 e. The van der Waals surface area contributed by atoms with Gasteiger partial charge in [0.15, 0.2) is 12.0 Å². The highest BCUT2D eigenvalue weighted by molar-refractivity contribution is 5.78. The van der Waals surface area contributed by atoms with E-state index in [9.17, 15) is 4.79 Å². The predicted molar refractivity (Wildman–Crippen MR) is 46.9 cm³/mol. The summed E-state index contributed by atoms with van der Waals surface area (Å²) in [4.78, 5) is 10.7. The molecular formula is C9H10N2O3. The smallest absolute Gasteiger partial charge is 0.256 e. The van der Waals surface area contributed by atoms with Crippen molar-refractivity contribution in [2.45, 2.75) is 18.9 Å². The number of carbonyl (C=O) groups excluding carboxylic acids is 1. The zero-order valence-corrected chi connectivity index (χ0v) is 7.60. The van der Waals surface area contributed by atoms with Crippen LogP contribution in [0.3, 0.4) is 0 Å². The summed E-state index contributed by atoms with van der Waals surface area (Å²) in [7, 11) is 0. The SMILES string of the molecule is O=Cc1nn(C2CC2)c2c1OCCO2. The molecule has 3 rings (SSSR count). The van der Waals surface area contributed by atoms with Crippen molar-refractivity contribution >= 4 is 6.29 Å². The molecule has 1 aliphatic carbocycles. The first-order valence-corrected chi connectivity index (χ1v) is 4.73. The summed E-state index contributed by atoms with van der Waals surface area (Å²) in [6, 6.07) is 0.402. The molecule has 1 aliphatic heterocycles. The van der Waals surface area contributed by atoms with Crippen LogP contribution >= 0.6 is 0 Å². The summed E-state index contributed by atoms with van der Waals surface area (Å²) in [6.07, 6.45) is 2.93. The second-order valence-electron chi connectivity index (χ2n) is 3.51. The first kappa shape index (κ1) is 7.84. The molecule has 0 N–H and O–H groups in total. The van der Waals surface area contributed by atoms with Crippen molar-refractivity contribution in [1.82, 2.24) is 9.78 Å². The van der Waals surface area contributed by atoms with E-state index < -0.39 is 0 Å². The number of aldehydes is 1. The molecule has 0 aromatic carbocycles. The Kier molecular flexibility index (Phi) is 1.53. The van der Waals surface area contributed by atoms with Gasteiger partial charge < -0.3 is 9.47 Å². The van der Waals surface area contributed by atoms with Crippen LogP contribution in [0.5, 0.6) is 11.6 Å². The molecule has 0 spiro atoms. The number of aromatic nitrogens is 2. The van der Waals surface area contributed by atoms with Crippen LogP contribution in [-0.2, 0) is 0 Å². The third-order valence-electron chi connectivity index (χ3n) is 2.42. The topological polar surface area (TPSA) is 53.4 Å². The van der Waals surface area contributed by atoms with Gasteiger partial charge in [-0.1, -0.05) is 0 Å². The molecule has 5 heteroatoms. The van der Waals surface area contributed by atoms with Gasteiger partial charge in [0.2, 0.25) is 5.75 Å². The molecule has 5 nitrogen and oxygen atoms in total. The van der Waals surface area contributed by atoms with E-state index >= 15 is 0 Å². The van der Waals surface area contributed by atoms with Gasteiger partial charge in [-0.05, 0) is 12.8 Å². The van der Waals surface area contributed by atoms with Gasteiger partial charge in [-0.3, -0.25) is 4.79 Å². The van der Waals surface area contributed by atoms with Gasteiger partial charge >= 0.3 is 0 Å². The minimum atomic E-state index is 0.353. The Balaban J connectivity index is 2.11. The minimum Gasteiger partial charge on any atom is -0.483 e. The Labute approximate surface area is 80.6 Å². The fourth-order valence-corrected chi connectivity index (χ4v) is 1.61. The molecule has 0 unspecified atom stereocenters. The number of carbonyl (C=O) groups is 1. The molecule has 0 radical (unpaired) electrons. The zero-order chi connectivity index (χ0) is 9.54. The van der Waals surface area contributed by atoms with E-state index in [2.05, 4.69) is 5.10 Å². The first-order chi connectivity index (χ1) is 6.90. The lowest BCUT2D eigenvalue weighted by Gasteiger charge is -2.15. The largest absolute Gasteiger partial charge is 0.483 e. The van der Waals surface area contributed by atoms with E-state index in [0.717, 1.165) is 12.8 Å². The molecule has 0 atom stereocenters. The van der Waals surface area contributed by atoms with Crippen LogP contribution in [0.4, 0.5) is 0 Å². The Morgan fingerprint density at radius 1 is 1.36 bits per heavy atom. The monoisotopic (exact) mass is 194 g/mol. The molecule has 0 bridgehead atoms. The van der Waals surface area contributed by atoms with Crippen LogP contribution in [-0.4, -0.2) is 29.3 Å². The average molecular weight is 194 g/mol. The lowest BCUT2D eigenvalue weighted by Crippen LogP contribution is -2.17. The number of hydrogen-bond acceptors (Lipinski definition) is 4. The van der Waals surface area contributed by atoms with Crippen LogP contribution in [0.2, 0.25) is 0 Å². The molecule has 2 heterocycles. The fraction of sp³-hybridized carbons (Fsp3) is 0.556. The van der Waals surface area contributed by atoms with E-state index in [-0.39, 0.29) is 0 Å². The van der Waals surface area contributed by atoms with Crippen molar-refractivity contribution in [2.75, 3.05) is 13.2 Å². The van der Waals surface area contributed by atoms with Crippen molar-refractivity contribution in [2.24, 2.45) is 0 Å². The fourth-order valence-electron chi connectivity index (χ4n) is 1.61. The first-order valence-electron chi connectivity index (χ1n) is 4.73. The van der Waals surface area contributed by atoms with Crippen molar-refractivity contribution in [3.05, 3.63) is 5.69 Å². The number of ether oxygens (including phenoxy) is 2. The molecule has 0 saturated heterocycles. The third-order valence-corrected chi connectivity index (χ3v) is 2.42. The molecule has 0 amide bonds. The summed E-state index contributed by atoms with van der Waals surface area (Å²) < 4.78 is 12.6. The van der Waals surface area contributed by atoms with Crippen LogP contribution in [0.25, 0.3) is 0 Å². The van der Waals surface area contributed by atoms with Gasteiger partial charge in [0.05, 0.1) is 6.04 Å². The van der Waals surface area contributed by atoms with Gasteiger partial charge in [0, 0.05) is 0 Å². The standard InChI is InChI=1S/C9H10N2O3/c12-5-7-8-9(14-4-3-13-8)11(10-7)6-1-2-6/h5-6H,1-4H2. The maximum absolute atomic E-state index is 10.7. The molecular weight excluding hydrogens is 184 g/mol. The summed E-state index contributed by atoms with van der Waals surface area (Å²) in [5.74, 6) is 1.14. The van der Waals surface area contributed by atoms with Crippen LogP contribution < -0.4 is 9.47 Å². The van der Waals surface area contributed by atoms with E-state index in [1.54, 1.807) is 4.68 Å². The van der Waals surface area contributed by atoms with Gasteiger partial charge in [0.25, 0.3) is 5.88 Å². The van der Waals surface area contributed by atoms with E-state index in [1.165, 1.54) is 0 Å². The molecule has 74 valence electrons. The second kappa shape index (κ2) is 2.73. The molecule has 14 heavy (non-hydrogen) atoms. The minimum absolute atomic E-state index is 0.353.